The van der Waals surface area contributed by atoms with Gasteiger partial charge in [-0.25, -0.2) is 0 Å². The third-order valence-corrected chi connectivity index (χ3v) is 6.27. The van der Waals surface area contributed by atoms with E-state index in [1.54, 1.807) is 0 Å². The maximum Gasteiger partial charge on any atom is 0.253 e. The Labute approximate surface area is 189 Å². The summed E-state index contributed by atoms with van der Waals surface area (Å²) in [5.74, 6) is 0.122. The summed E-state index contributed by atoms with van der Waals surface area (Å²) in [6, 6.07) is 31.1. The van der Waals surface area contributed by atoms with Crippen molar-refractivity contribution in [3.05, 3.63) is 102 Å². The van der Waals surface area contributed by atoms with Crippen LogP contribution < -0.4 is 0 Å². The Kier molecular flexibility index (Phi) is 5.59. The molecule has 4 nitrogen and oxygen atoms in total. The van der Waals surface area contributed by atoms with Crippen molar-refractivity contribution in [2.24, 2.45) is 0 Å². The molecule has 0 bridgehead atoms. The van der Waals surface area contributed by atoms with E-state index >= 15 is 0 Å². The van der Waals surface area contributed by atoms with Gasteiger partial charge < -0.3 is 4.90 Å². The molecule has 0 radical (unpaired) electrons. The molecule has 1 fully saturated rings. The summed E-state index contributed by atoms with van der Waals surface area (Å²) in [6.07, 6.45) is 1.79. The van der Waals surface area contributed by atoms with Crippen LogP contribution in [0.15, 0.2) is 91.0 Å². The minimum absolute atomic E-state index is 0.122. The summed E-state index contributed by atoms with van der Waals surface area (Å²) in [5.41, 5.74) is 6.34. The Bertz CT molecular complexity index is 1190. The Hall–Kier alpha value is -3.66. The second-order valence-electron chi connectivity index (χ2n) is 8.48. The molecule has 0 N–H and O–H groups in total. The van der Waals surface area contributed by atoms with E-state index in [2.05, 4.69) is 47.1 Å². The molecule has 0 saturated carbocycles. The van der Waals surface area contributed by atoms with Crippen molar-refractivity contribution in [3.8, 4) is 22.5 Å². The third-order valence-electron chi connectivity index (χ3n) is 6.27. The van der Waals surface area contributed by atoms with Crippen molar-refractivity contribution >= 4 is 5.91 Å². The molecule has 0 atom stereocenters. The van der Waals surface area contributed by atoms with Gasteiger partial charge in [0, 0.05) is 24.2 Å². The highest BCUT2D eigenvalue weighted by atomic mass is 16.2. The highest BCUT2D eigenvalue weighted by Crippen LogP contribution is 2.32. The zero-order valence-corrected chi connectivity index (χ0v) is 18.3. The Morgan fingerprint density at radius 3 is 2.03 bits per heavy atom. The van der Waals surface area contributed by atoms with Crippen LogP contribution in [0.2, 0.25) is 0 Å². The van der Waals surface area contributed by atoms with E-state index in [0.717, 1.165) is 48.4 Å². The molecule has 0 spiro atoms. The minimum Gasteiger partial charge on any atom is -0.338 e. The normalized spacial score (nSPS) is 14.5. The van der Waals surface area contributed by atoms with Crippen LogP contribution in [0.1, 0.15) is 34.8 Å². The summed E-state index contributed by atoms with van der Waals surface area (Å²) in [5, 5.41) is 5.03. The number of hydrogen-bond acceptors (Lipinski definition) is 2. The first kappa shape index (κ1) is 20.3. The second-order valence-corrected chi connectivity index (χ2v) is 8.48. The lowest BCUT2D eigenvalue weighted by Crippen LogP contribution is -2.39. The van der Waals surface area contributed by atoms with Crippen LogP contribution in [-0.4, -0.2) is 33.7 Å². The van der Waals surface area contributed by atoms with Crippen LogP contribution in [0, 0.1) is 6.92 Å². The number of hydrogen-bond donors (Lipinski definition) is 0. The topological polar surface area (TPSA) is 38.1 Å². The predicted molar refractivity (Wildman–Crippen MR) is 128 cm³/mol. The number of benzene rings is 3. The molecule has 2 heterocycles. The van der Waals surface area contributed by atoms with E-state index < -0.39 is 0 Å². The van der Waals surface area contributed by atoms with Gasteiger partial charge in [-0.15, -0.1) is 0 Å². The van der Waals surface area contributed by atoms with Crippen LogP contribution in [-0.2, 0) is 0 Å². The summed E-state index contributed by atoms with van der Waals surface area (Å²) < 4.78 is 2.19. The Morgan fingerprint density at radius 1 is 0.812 bits per heavy atom. The highest BCUT2D eigenvalue weighted by Gasteiger charge is 2.27. The number of rotatable bonds is 4. The number of carbonyl (C=O) groups excluding carboxylic acids is 1. The highest BCUT2D eigenvalue weighted by molar-refractivity contribution is 5.94. The predicted octanol–water partition coefficient (Wildman–Crippen LogP) is 6.00. The molecule has 1 aliphatic rings. The standard InChI is InChI=1S/C28H27N3O/c1-21-12-14-24(15-13-21)28(32)30-18-16-25(17-19-30)31-27(23-10-6-3-7-11-23)20-26(29-31)22-8-4-2-5-9-22/h2-15,20,25H,16-19H2,1H3. The molecular weight excluding hydrogens is 394 g/mol. The van der Waals surface area contributed by atoms with Crippen molar-refractivity contribution in [2.45, 2.75) is 25.8 Å². The number of nitrogens with zero attached hydrogens (tertiary/aromatic N) is 3. The van der Waals surface area contributed by atoms with Crippen LogP contribution in [0.4, 0.5) is 0 Å². The maximum atomic E-state index is 12.9. The van der Waals surface area contributed by atoms with Crippen molar-refractivity contribution in [1.29, 1.82) is 0 Å². The average molecular weight is 422 g/mol. The van der Waals surface area contributed by atoms with Crippen molar-refractivity contribution < 1.29 is 4.79 Å². The lowest BCUT2D eigenvalue weighted by atomic mass is 10.0. The van der Waals surface area contributed by atoms with Gasteiger partial charge in [-0.2, -0.15) is 5.10 Å². The quantitative estimate of drug-likeness (QED) is 0.405. The van der Waals surface area contributed by atoms with Crippen LogP contribution in [0.25, 0.3) is 22.5 Å². The summed E-state index contributed by atoms with van der Waals surface area (Å²) in [6.45, 7) is 3.52. The number of amides is 1. The van der Waals surface area contributed by atoms with Gasteiger partial charge in [0.05, 0.1) is 17.4 Å². The second kappa shape index (κ2) is 8.83. The average Bonchev–Trinajstić information content (AvgIpc) is 3.31. The zero-order chi connectivity index (χ0) is 21.9. The number of aryl methyl sites for hydroxylation is 1. The van der Waals surface area contributed by atoms with E-state index in [0.29, 0.717) is 0 Å². The smallest absolute Gasteiger partial charge is 0.253 e. The summed E-state index contributed by atoms with van der Waals surface area (Å²) in [4.78, 5) is 14.9. The lowest BCUT2D eigenvalue weighted by molar-refractivity contribution is 0.0690. The van der Waals surface area contributed by atoms with E-state index in [9.17, 15) is 4.79 Å². The molecule has 32 heavy (non-hydrogen) atoms. The molecule has 1 amide bonds. The SMILES string of the molecule is Cc1ccc(C(=O)N2CCC(n3nc(-c4ccccc4)cc3-c3ccccc3)CC2)cc1. The third kappa shape index (κ3) is 4.09. The van der Waals surface area contributed by atoms with Crippen LogP contribution in [0.5, 0.6) is 0 Å². The fraction of sp³-hybridized carbons (Fsp3) is 0.214. The van der Waals surface area contributed by atoms with Crippen molar-refractivity contribution in [3.63, 3.8) is 0 Å². The van der Waals surface area contributed by atoms with Gasteiger partial charge >= 0.3 is 0 Å². The van der Waals surface area contributed by atoms with Gasteiger partial charge in [0.1, 0.15) is 0 Å². The Morgan fingerprint density at radius 2 is 1.41 bits per heavy atom. The number of likely N-dealkylation sites (tertiary alicyclic amines) is 1. The molecule has 3 aromatic carbocycles. The van der Waals surface area contributed by atoms with Crippen molar-refractivity contribution in [2.75, 3.05) is 13.1 Å². The molecule has 4 aromatic rings. The molecule has 5 rings (SSSR count). The number of aromatic nitrogens is 2. The van der Waals surface area contributed by atoms with Gasteiger partial charge in [0.2, 0.25) is 0 Å². The van der Waals surface area contributed by atoms with Crippen LogP contribution in [0.3, 0.4) is 0 Å². The van der Waals surface area contributed by atoms with Gasteiger partial charge in [-0.3, -0.25) is 9.48 Å². The molecule has 0 aliphatic carbocycles. The fourth-order valence-corrected chi connectivity index (χ4v) is 4.44. The van der Waals surface area contributed by atoms with E-state index in [1.807, 2.05) is 60.4 Å². The van der Waals surface area contributed by atoms with Gasteiger partial charge in [0.15, 0.2) is 0 Å². The molecule has 1 aliphatic heterocycles. The summed E-state index contributed by atoms with van der Waals surface area (Å²) >= 11 is 0. The van der Waals surface area contributed by atoms with E-state index in [4.69, 9.17) is 5.10 Å². The molecule has 4 heteroatoms. The molecule has 0 unspecified atom stereocenters. The number of carbonyl (C=O) groups is 1. The van der Waals surface area contributed by atoms with Gasteiger partial charge in [-0.1, -0.05) is 78.4 Å². The molecular formula is C28H27N3O. The molecule has 1 saturated heterocycles. The van der Waals surface area contributed by atoms with Gasteiger partial charge in [0.25, 0.3) is 5.91 Å². The monoisotopic (exact) mass is 421 g/mol. The lowest BCUT2D eigenvalue weighted by Gasteiger charge is -2.33. The van der Waals surface area contributed by atoms with E-state index in [-0.39, 0.29) is 11.9 Å². The van der Waals surface area contributed by atoms with Gasteiger partial charge in [-0.05, 0) is 43.5 Å². The molecule has 160 valence electrons. The Balaban J connectivity index is 1.39. The van der Waals surface area contributed by atoms with Crippen LogP contribution >= 0.6 is 0 Å². The van der Waals surface area contributed by atoms with Crippen molar-refractivity contribution in [1.82, 2.24) is 14.7 Å². The first-order valence-corrected chi connectivity index (χ1v) is 11.3. The fourth-order valence-electron chi connectivity index (χ4n) is 4.44. The largest absolute Gasteiger partial charge is 0.338 e. The maximum absolute atomic E-state index is 12.9. The first-order chi connectivity index (χ1) is 15.7. The number of piperidine rings is 1. The van der Waals surface area contributed by atoms with E-state index in [1.165, 1.54) is 11.1 Å². The first-order valence-electron chi connectivity index (χ1n) is 11.3. The molecule has 1 aromatic heterocycles. The summed E-state index contributed by atoms with van der Waals surface area (Å²) in [7, 11) is 0. The zero-order valence-electron chi connectivity index (χ0n) is 18.3. The minimum atomic E-state index is 0.122.